The van der Waals surface area contributed by atoms with Crippen molar-refractivity contribution in [2.45, 2.75) is 6.42 Å². The van der Waals surface area contributed by atoms with E-state index in [9.17, 15) is 9.18 Å². The van der Waals surface area contributed by atoms with Gasteiger partial charge in [0.2, 0.25) is 0 Å². The van der Waals surface area contributed by atoms with E-state index in [1.165, 1.54) is 12.1 Å². The first-order chi connectivity index (χ1) is 9.15. The molecule has 0 spiro atoms. The largest absolute Gasteiger partial charge is 0.478 e. The first-order valence-corrected chi connectivity index (χ1v) is 5.88. The van der Waals surface area contributed by atoms with Crippen LogP contribution in [0.2, 0.25) is 0 Å². The highest BCUT2D eigenvalue weighted by Crippen LogP contribution is 2.16. The number of hydrogen-bond donors (Lipinski definition) is 1. The van der Waals surface area contributed by atoms with Gasteiger partial charge in [-0.25, -0.2) is 9.18 Å². The smallest absolute Gasteiger partial charge is 0.328 e. The van der Waals surface area contributed by atoms with Crippen molar-refractivity contribution in [3.63, 3.8) is 0 Å². The average molecular weight is 256 g/mol. The molecule has 0 amide bonds. The third-order valence-electron chi connectivity index (χ3n) is 2.77. The molecule has 96 valence electrons. The van der Waals surface area contributed by atoms with Crippen molar-refractivity contribution >= 4 is 12.0 Å². The van der Waals surface area contributed by atoms with Crippen LogP contribution in [-0.2, 0) is 11.2 Å². The maximum Gasteiger partial charge on any atom is 0.328 e. The van der Waals surface area contributed by atoms with Crippen LogP contribution in [0.15, 0.2) is 54.6 Å². The van der Waals surface area contributed by atoms with Gasteiger partial charge in [0.05, 0.1) is 0 Å². The quantitative estimate of drug-likeness (QED) is 0.850. The molecular formula is C16H13FO2. The van der Waals surface area contributed by atoms with Gasteiger partial charge in [-0.2, -0.15) is 0 Å². The highest BCUT2D eigenvalue weighted by molar-refractivity contribution is 5.85. The number of rotatable bonds is 4. The molecular weight excluding hydrogens is 243 g/mol. The molecule has 0 bridgehead atoms. The van der Waals surface area contributed by atoms with E-state index in [-0.39, 0.29) is 5.82 Å². The molecule has 2 rings (SSSR count). The monoisotopic (exact) mass is 256 g/mol. The predicted octanol–water partition coefficient (Wildman–Crippen LogP) is 3.51. The Morgan fingerprint density at radius 2 is 1.79 bits per heavy atom. The van der Waals surface area contributed by atoms with Gasteiger partial charge in [0, 0.05) is 6.08 Å². The molecule has 1 N–H and O–H groups in total. The maximum atomic E-state index is 12.8. The van der Waals surface area contributed by atoms with Crippen molar-refractivity contribution in [3.05, 3.63) is 77.1 Å². The molecule has 0 saturated heterocycles. The maximum absolute atomic E-state index is 12.8. The Morgan fingerprint density at radius 1 is 1.11 bits per heavy atom. The fraction of sp³-hybridized carbons (Fsp3) is 0.0625. The zero-order valence-electron chi connectivity index (χ0n) is 10.2. The third kappa shape index (κ3) is 3.78. The van der Waals surface area contributed by atoms with Crippen LogP contribution in [-0.4, -0.2) is 11.1 Å². The molecule has 0 aliphatic heterocycles. The molecule has 0 aromatic heterocycles. The Morgan fingerprint density at radius 3 is 2.47 bits per heavy atom. The van der Waals surface area contributed by atoms with Crippen molar-refractivity contribution < 1.29 is 14.3 Å². The Kier molecular flexibility index (Phi) is 4.08. The highest BCUT2D eigenvalue weighted by Gasteiger charge is 2.01. The summed E-state index contributed by atoms with van der Waals surface area (Å²) in [5.41, 5.74) is 2.85. The number of halogens is 1. The zero-order valence-corrected chi connectivity index (χ0v) is 10.2. The summed E-state index contributed by atoms with van der Waals surface area (Å²) < 4.78 is 12.8. The van der Waals surface area contributed by atoms with Gasteiger partial charge in [-0.05, 0) is 41.3 Å². The van der Waals surface area contributed by atoms with E-state index in [4.69, 9.17) is 5.11 Å². The molecule has 3 heteroatoms. The lowest BCUT2D eigenvalue weighted by molar-refractivity contribution is -0.131. The van der Waals surface area contributed by atoms with E-state index >= 15 is 0 Å². The Hall–Kier alpha value is -2.42. The summed E-state index contributed by atoms with van der Waals surface area (Å²) in [5, 5.41) is 8.66. The highest BCUT2D eigenvalue weighted by atomic mass is 19.1. The summed E-state index contributed by atoms with van der Waals surface area (Å²) in [5.74, 6) is -1.24. The summed E-state index contributed by atoms with van der Waals surface area (Å²) in [6, 6.07) is 13.9. The molecule has 0 aliphatic rings. The topological polar surface area (TPSA) is 37.3 Å². The first kappa shape index (κ1) is 13.0. The Labute approximate surface area is 110 Å². The fourth-order valence-electron chi connectivity index (χ4n) is 1.84. The Balaban J connectivity index is 2.24. The number of carboxylic acid groups (broad SMARTS) is 1. The molecule has 0 aliphatic carbocycles. The van der Waals surface area contributed by atoms with Gasteiger partial charge >= 0.3 is 5.97 Å². The molecule has 2 nitrogen and oxygen atoms in total. The first-order valence-electron chi connectivity index (χ1n) is 5.88. The normalized spacial score (nSPS) is 10.8. The number of carboxylic acids is 1. The van der Waals surface area contributed by atoms with Gasteiger partial charge in [-0.1, -0.05) is 36.4 Å². The lowest BCUT2D eigenvalue weighted by Crippen LogP contribution is -1.93. The van der Waals surface area contributed by atoms with Crippen LogP contribution in [0.25, 0.3) is 6.08 Å². The van der Waals surface area contributed by atoms with Gasteiger partial charge in [0.25, 0.3) is 0 Å². The standard InChI is InChI=1S/C16H13FO2/c17-15-8-5-12(6-9-15)11-14-4-2-1-3-13(14)7-10-16(18)19/h1-10H,11H2,(H,18,19)/b10-7+. The molecule has 2 aromatic rings. The van der Waals surface area contributed by atoms with Gasteiger partial charge in [-0.3, -0.25) is 0 Å². The number of carbonyl (C=O) groups is 1. The van der Waals surface area contributed by atoms with Crippen LogP contribution >= 0.6 is 0 Å². The fourth-order valence-corrected chi connectivity index (χ4v) is 1.84. The SMILES string of the molecule is O=C(O)/C=C/c1ccccc1Cc1ccc(F)cc1. The van der Waals surface area contributed by atoms with E-state index in [1.807, 2.05) is 24.3 Å². The van der Waals surface area contributed by atoms with Gasteiger partial charge in [-0.15, -0.1) is 0 Å². The third-order valence-corrected chi connectivity index (χ3v) is 2.77. The van der Waals surface area contributed by atoms with E-state index < -0.39 is 5.97 Å². The van der Waals surface area contributed by atoms with Crippen LogP contribution in [0.3, 0.4) is 0 Å². The van der Waals surface area contributed by atoms with Crippen molar-refractivity contribution in [3.8, 4) is 0 Å². The molecule has 0 fully saturated rings. The van der Waals surface area contributed by atoms with Crippen LogP contribution in [0, 0.1) is 5.82 Å². The second-order valence-corrected chi connectivity index (χ2v) is 4.17. The lowest BCUT2D eigenvalue weighted by atomic mass is 9.99. The number of aliphatic carboxylic acids is 1. The van der Waals surface area contributed by atoms with Crippen molar-refractivity contribution in [2.24, 2.45) is 0 Å². The number of hydrogen-bond acceptors (Lipinski definition) is 1. The van der Waals surface area contributed by atoms with Crippen molar-refractivity contribution in [1.82, 2.24) is 0 Å². The number of benzene rings is 2. The van der Waals surface area contributed by atoms with E-state index in [2.05, 4.69) is 0 Å². The zero-order chi connectivity index (χ0) is 13.7. The molecule has 2 aromatic carbocycles. The summed E-state index contributed by atoms with van der Waals surface area (Å²) in [7, 11) is 0. The molecule has 0 radical (unpaired) electrons. The van der Waals surface area contributed by atoms with Crippen LogP contribution < -0.4 is 0 Å². The minimum atomic E-state index is -0.975. The van der Waals surface area contributed by atoms with Crippen LogP contribution in [0.5, 0.6) is 0 Å². The van der Waals surface area contributed by atoms with Crippen molar-refractivity contribution in [1.29, 1.82) is 0 Å². The van der Waals surface area contributed by atoms with E-state index in [0.717, 1.165) is 22.8 Å². The van der Waals surface area contributed by atoms with Gasteiger partial charge < -0.3 is 5.11 Å². The minimum absolute atomic E-state index is 0.261. The molecule has 19 heavy (non-hydrogen) atoms. The summed E-state index contributed by atoms with van der Waals surface area (Å²) in [6.45, 7) is 0. The minimum Gasteiger partial charge on any atom is -0.478 e. The lowest BCUT2D eigenvalue weighted by Gasteiger charge is -2.06. The Bertz CT molecular complexity index is 600. The predicted molar refractivity (Wildman–Crippen MR) is 72.3 cm³/mol. The van der Waals surface area contributed by atoms with E-state index in [1.54, 1.807) is 18.2 Å². The van der Waals surface area contributed by atoms with Gasteiger partial charge in [0.15, 0.2) is 0 Å². The van der Waals surface area contributed by atoms with Crippen molar-refractivity contribution in [2.75, 3.05) is 0 Å². The van der Waals surface area contributed by atoms with Crippen LogP contribution in [0.4, 0.5) is 4.39 Å². The molecule has 0 saturated carbocycles. The molecule has 0 heterocycles. The molecule has 0 atom stereocenters. The summed E-state index contributed by atoms with van der Waals surface area (Å²) in [6.07, 6.45) is 3.32. The molecule has 0 unspecified atom stereocenters. The summed E-state index contributed by atoms with van der Waals surface area (Å²) in [4.78, 5) is 10.6. The second kappa shape index (κ2) is 5.96. The average Bonchev–Trinajstić information content (AvgIpc) is 2.40. The van der Waals surface area contributed by atoms with Gasteiger partial charge in [0.1, 0.15) is 5.82 Å². The second-order valence-electron chi connectivity index (χ2n) is 4.17. The van der Waals surface area contributed by atoms with E-state index in [0.29, 0.717) is 6.42 Å². The van der Waals surface area contributed by atoms with Crippen LogP contribution in [0.1, 0.15) is 16.7 Å². The summed E-state index contributed by atoms with van der Waals surface area (Å²) >= 11 is 0.